The second kappa shape index (κ2) is 4.97. The van der Waals surface area contributed by atoms with Gasteiger partial charge in [-0.05, 0) is 19.5 Å². The van der Waals surface area contributed by atoms with Crippen LogP contribution in [0, 0.1) is 0 Å². The van der Waals surface area contributed by atoms with Crippen LogP contribution in [0.1, 0.15) is 43.8 Å². The van der Waals surface area contributed by atoms with Crippen LogP contribution >= 0.6 is 0 Å². The van der Waals surface area contributed by atoms with Crippen LogP contribution in [0.25, 0.3) is 0 Å². The molecule has 90 valence electrons. The smallest absolute Gasteiger partial charge is 0.198 e. The van der Waals surface area contributed by atoms with Gasteiger partial charge < -0.3 is 14.4 Å². The highest BCUT2D eigenvalue weighted by Gasteiger charge is 2.26. The first-order valence-corrected chi connectivity index (χ1v) is 6.03. The Labute approximate surface area is 96.3 Å². The molecular formula is C12H20N2O2. The summed E-state index contributed by atoms with van der Waals surface area (Å²) in [6.07, 6.45) is 2.88. The van der Waals surface area contributed by atoms with E-state index >= 15 is 0 Å². The van der Waals surface area contributed by atoms with Gasteiger partial charge in [0.15, 0.2) is 5.89 Å². The van der Waals surface area contributed by atoms with Crippen molar-refractivity contribution in [2.24, 2.45) is 0 Å². The van der Waals surface area contributed by atoms with Crippen LogP contribution in [0.3, 0.4) is 0 Å². The molecule has 0 bridgehead atoms. The topological polar surface area (TPSA) is 49.5 Å². The number of aliphatic hydroxyl groups is 1. The normalized spacial score (nSPS) is 23.8. The van der Waals surface area contributed by atoms with Crippen molar-refractivity contribution in [2.75, 3.05) is 26.2 Å². The Balaban J connectivity index is 2.02. The van der Waals surface area contributed by atoms with Gasteiger partial charge in [-0.25, -0.2) is 4.98 Å². The van der Waals surface area contributed by atoms with Gasteiger partial charge in [-0.1, -0.05) is 13.8 Å². The summed E-state index contributed by atoms with van der Waals surface area (Å²) in [4.78, 5) is 6.74. The molecule has 16 heavy (non-hydrogen) atoms. The fourth-order valence-electron chi connectivity index (χ4n) is 2.13. The molecule has 4 heteroatoms. The highest BCUT2D eigenvalue weighted by atomic mass is 16.4. The zero-order valence-corrected chi connectivity index (χ0v) is 10.0. The van der Waals surface area contributed by atoms with Crippen molar-refractivity contribution in [1.82, 2.24) is 9.88 Å². The van der Waals surface area contributed by atoms with E-state index in [1.807, 2.05) is 6.92 Å². The molecule has 0 radical (unpaired) electrons. The van der Waals surface area contributed by atoms with Crippen LogP contribution in [0.4, 0.5) is 0 Å². The van der Waals surface area contributed by atoms with E-state index in [0.717, 1.165) is 37.7 Å². The van der Waals surface area contributed by atoms with Gasteiger partial charge in [0.25, 0.3) is 0 Å². The van der Waals surface area contributed by atoms with Crippen molar-refractivity contribution in [3.8, 4) is 0 Å². The van der Waals surface area contributed by atoms with Crippen LogP contribution < -0.4 is 0 Å². The summed E-state index contributed by atoms with van der Waals surface area (Å²) >= 11 is 0. The number of hydrogen-bond donors (Lipinski definition) is 1. The molecule has 0 saturated carbocycles. The van der Waals surface area contributed by atoms with Crippen molar-refractivity contribution in [3.63, 3.8) is 0 Å². The molecule has 0 aromatic carbocycles. The lowest BCUT2D eigenvalue weighted by atomic mass is 10.1. The maximum Gasteiger partial charge on any atom is 0.198 e. The van der Waals surface area contributed by atoms with E-state index in [-0.39, 0.29) is 12.5 Å². The summed E-state index contributed by atoms with van der Waals surface area (Å²) in [7, 11) is 0. The van der Waals surface area contributed by atoms with Gasteiger partial charge in [-0.15, -0.1) is 0 Å². The summed E-state index contributed by atoms with van der Waals surface area (Å²) in [6, 6.07) is 0. The maximum absolute atomic E-state index is 9.05. The Morgan fingerprint density at radius 1 is 1.69 bits per heavy atom. The second-order valence-corrected chi connectivity index (χ2v) is 4.56. The summed E-state index contributed by atoms with van der Waals surface area (Å²) < 4.78 is 5.72. The third kappa shape index (κ3) is 2.28. The first kappa shape index (κ1) is 11.6. The fraction of sp³-hybridized carbons (Fsp3) is 0.750. The lowest BCUT2D eigenvalue weighted by molar-refractivity contribution is 0.253. The molecule has 0 aliphatic carbocycles. The fourth-order valence-corrected chi connectivity index (χ4v) is 2.13. The molecule has 0 spiro atoms. The Kier molecular flexibility index (Phi) is 3.61. The number of likely N-dealkylation sites (N-methyl/N-ethyl adjacent to an activating group) is 1. The highest BCUT2D eigenvalue weighted by molar-refractivity contribution is 5.05. The van der Waals surface area contributed by atoms with Gasteiger partial charge in [0.1, 0.15) is 5.76 Å². The molecule has 4 nitrogen and oxygen atoms in total. The molecule has 2 atom stereocenters. The molecule has 2 heterocycles. The van der Waals surface area contributed by atoms with E-state index in [4.69, 9.17) is 9.52 Å². The van der Waals surface area contributed by atoms with E-state index in [9.17, 15) is 0 Å². The monoisotopic (exact) mass is 224 g/mol. The predicted molar refractivity (Wildman–Crippen MR) is 61.5 cm³/mol. The standard InChI is InChI=1S/C12H20N2O2/c1-3-14-5-4-10(7-14)12-13-6-11(16-12)9(2)8-15/h6,9-10,15H,3-5,7-8H2,1-2H3. The number of hydrogen-bond acceptors (Lipinski definition) is 4. The van der Waals surface area contributed by atoms with Crippen molar-refractivity contribution in [2.45, 2.75) is 32.1 Å². The molecule has 1 aliphatic rings. The van der Waals surface area contributed by atoms with E-state index in [1.165, 1.54) is 0 Å². The van der Waals surface area contributed by atoms with Gasteiger partial charge in [0.05, 0.1) is 12.8 Å². The van der Waals surface area contributed by atoms with E-state index in [2.05, 4.69) is 16.8 Å². The zero-order chi connectivity index (χ0) is 11.5. The quantitative estimate of drug-likeness (QED) is 0.843. The predicted octanol–water partition coefficient (Wildman–Crippen LogP) is 1.58. The minimum Gasteiger partial charge on any atom is -0.445 e. The number of likely N-dealkylation sites (tertiary alicyclic amines) is 1. The van der Waals surface area contributed by atoms with Gasteiger partial charge in [-0.3, -0.25) is 0 Å². The largest absolute Gasteiger partial charge is 0.445 e. The Morgan fingerprint density at radius 3 is 3.12 bits per heavy atom. The van der Waals surface area contributed by atoms with Gasteiger partial charge in [0, 0.05) is 18.4 Å². The number of aromatic nitrogens is 1. The third-order valence-electron chi connectivity index (χ3n) is 3.37. The molecule has 2 rings (SSSR count). The summed E-state index contributed by atoms with van der Waals surface area (Å²) in [5.41, 5.74) is 0. The average Bonchev–Trinajstić information content (AvgIpc) is 2.95. The molecule has 2 unspecified atom stereocenters. The second-order valence-electron chi connectivity index (χ2n) is 4.56. The molecule has 0 amide bonds. The zero-order valence-electron chi connectivity index (χ0n) is 10.0. The molecule has 1 aromatic rings. The molecule has 1 aliphatic heterocycles. The van der Waals surface area contributed by atoms with Crippen LogP contribution in [-0.2, 0) is 0 Å². The van der Waals surface area contributed by atoms with Crippen LogP contribution in [-0.4, -0.2) is 41.2 Å². The summed E-state index contributed by atoms with van der Waals surface area (Å²) in [6.45, 7) is 7.50. The molecule has 1 N–H and O–H groups in total. The van der Waals surface area contributed by atoms with Crippen molar-refractivity contribution in [3.05, 3.63) is 17.8 Å². The van der Waals surface area contributed by atoms with Gasteiger partial charge in [-0.2, -0.15) is 0 Å². The first-order chi connectivity index (χ1) is 7.74. The van der Waals surface area contributed by atoms with E-state index < -0.39 is 0 Å². The summed E-state index contributed by atoms with van der Waals surface area (Å²) in [5.74, 6) is 2.11. The Morgan fingerprint density at radius 2 is 2.50 bits per heavy atom. The van der Waals surface area contributed by atoms with Gasteiger partial charge in [0.2, 0.25) is 0 Å². The minimum atomic E-state index is 0.0462. The third-order valence-corrected chi connectivity index (χ3v) is 3.37. The summed E-state index contributed by atoms with van der Waals surface area (Å²) in [5, 5.41) is 9.05. The minimum absolute atomic E-state index is 0.0462. The lowest BCUT2D eigenvalue weighted by Crippen LogP contribution is -2.19. The number of rotatable bonds is 4. The van der Waals surface area contributed by atoms with Crippen molar-refractivity contribution in [1.29, 1.82) is 0 Å². The van der Waals surface area contributed by atoms with E-state index in [0.29, 0.717) is 5.92 Å². The Hall–Kier alpha value is -0.870. The molecule has 1 saturated heterocycles. The number of oxazole rings is 1. The maximum atomic E-state index is 9.05. The van der Waals surface area contributed by atoms with Crippen LogP contribution in [0.15, 0.2) is 10.6 Å². The SMILES string of the molecule is CCN1CCC(c2ncc(C(C)CO)o2)C1. The average molecular weight is 224 g/mol. The molecular weight excluding hydrogens is 204 g/mol. The number of aliphatic hydroxyl groups excluding tert-OH is 1. The first-order valence-electron chi connectivity index (χ1n) is 6.03. The van der Waals surface area contributed by atoms with Crippen molar-refractivity contribution < 1.29 is 9.52 Å². The van der Waals surface area contributed by atoms with Gasteiger partial charge >= 0.3 is 0 Å². The van der Waals surface area contributed by atoms with Crippen molar-refractivity contribution >= 4 is 0 Å². The van der Waals surface area contributed by atoms with Crippen LogP contribution in [0.2, 0.25) is 0 Å². The van der Waals surface area contributed by atoms with E-state index in [1.54, 1.807) is 6.20 Å². The number of nitrogens with zero attached hydrogens (tertiary/aromatic N) is 2. The lowest BCUT2D eigenvalue weighted by Gasteiger charge is -2.11. The highest BCUT2D eigenvalue weighted by Crippen LogP contribution is 2.28. The molecule has 1 fully saturated rings. The Bertz CT molecular complexity index is 338. The van der Waals surface area contributed by atoms with Crippen LogP contribution in [0.5, 0.6) is 0 Å². The molecule has 1 aromatic heterocycles.